The minimum Gasteiger partial charge on any atom is -0.494 e. The van der Waals surface area contributed by atoms with Crippen LogP contribution < -0.4 is 10.1 Å². The van der Waals surface area contributed by atoms with Gasteiger partial charge in [-0.1, -0.05) is 0 Å². The van der Waals surface area contributed by atoms with E-state index < -0.39 is 5.82 Å². The minimum atomic E-state index is -0.498. The molecule has 2 bridgehead atoms. The normalized spacial score (nSPS) is 26.2. The summed E-state index contributed by atoms with van der Waals surface area (Å²) < 4.78 is 18.6. The van der Waals surface area contributed by atoms with E-state index in [0.29, 0.717) is 17.6 Å². The molecule has 0 spiro atoms. The summed E-state index contributed by atoms with van der Waals surface area (Å²) in [6.45, 7) is 0. The number of carbonyl (C=O) groups is 1. The van der Waals surface area contributed by atoms with Crippen molar-refractivity contribution < 1.29 is 13.9 Å². The Hall–Kier alpha value is -1.33. The fraction of sp³-hybridized carbons (Fsp3) is 0.562. The molecular weight excluding hydrogens is 307 g/mol. The number of carbonyl (C=O) groups excluding carboxylic acids is 1. The van der Waals surface area contributed by atoms with Crippen molar-refractivity contribution in [1.82, 2.24) is 10.2 Å². The molecule has 3 rings (SSSR count). The number of amides is 1. The van der Waals surface area contributed by atoms with Gasteiger partial charge in [-0.25, -0.2) is 4.39 Å². The number of ether oxygens (including phenoxy) is 1. The predicted octanol–water partition coefficient (Wildman–Crippen LogP) is 2.61. The molecule has 2 aliphatic heterocycles. The predicted molar refractivity (Wildman–Crippen MR) is 85.3 cm³/mol. The van der Waals surface area contributed by atoms with Gasteiger partial charge in [0, 0.05) is 30.7 Å². The van der Waals surface area contributed by atoms with E-state index in [1.807, 2.05) is 7.05 Å². The Labute approximate surface area is 136 Å². The monoisotopic (exact) mass is 328 g/mol. The molecule has 22 heavy (non-hydrogen) atoms. The van der Waals surface area contributed by atoms with Gasteiger partial charge in [0.15, 0.2) is 11.6 Å². The van der Waals surface area contributed by atoms with Crippen molar-refractivity contribution in [1.29, 1.82) is 0 Å². The van der Waals surface area contributed by atoms with Crippen LogP contribution in [0.3, 0.4) is 0 Å². The first kappa shape index (κ1) is 17.0. The van der Waals surface area contributed by atoms with E-state index in [9.17, 15) is 9.18 Å². The lowest BCUT2D eigenvalue weighted by molar-refractivity contribution is 0.0681. The topological polar surface area (TPSA) is 41.6 Å². The number of benzene rings is 1. The molecule has 1 amide bonds. The van der Waals surface area contributed by atoms with E-state index >= 15 is 0 Å². The maximum absolute atomic E-state index is 13.7. The third-order valence-electron chi connectivity index (χ3n) is 4.71. The van der Waals surface area contributed by atoms with E-state index in [4.69, 9.17) is 4.74 Å². The fourth-order valence-corrected chi connectivity index (χ4v) is 3.51. The minimum absolute atomic E-state index is 0. The van der Waals surface area contributed by atoms with Crippen LogP contribution >= 0.6 is 12.4 Å². The van der Waals surface area contributed by atoms with Crippen LogP contribution in [0.5, 0.6) is 5.75 Å². The lowest BCUT2D eigenvalue weighted by Crippen LogP contribution is -2.48. The van der Waals surface area contributed by atoms with Crippen molar-refractivity contribution in [3.8, 4) is 5.75 Å². The second-order valence-electron chi connectivity index (χ2n) is 6.03. The van der Waals surface area contributed by atoms with Crippen LogP contribution in [0.25, 0.3) is 0 Å². The summed E-state index contributed by atoms with van der Waals surface area (Å²) in [7, 11) is 3.23. The van der Waals surface area contributed by atoms with E-state index in [1.165, 1.54) is 32.1 Å². The van der Waals surface area contributed by atoms with Crippen molar-refractivity contribution in [2.24, 2.45) is 0 Å². The second kappa shape index (κ2) is 6.84. The van der Waals surface area contributed by atoms with Gasteiger partial charge in [-0.2, -0.15) is 0 Å². The SMILES string of the molecule is COc1ccc(C(=O)N(C)C2CC3CCC(C2)N3)cc1F.Cl. The number of fused-ring (bicyclic) bond motifs is 2. The van der Waals surface area contributed by atoms with Crippen LogP contribution in [-0.4, -0.2) is 43.1 Å². The summed E-state index contributed by atoms with van der Waals surface area (Å²) in [4.78, 5) is 14.3. The Bertz CT molecular complexity index is 543. The van der Waals surface area contributed by atoms with E-state index in [2.05, 4.69) is 5.32 Å². The third kappa shape index (κ3) is 3.20. The van der Waals surface area contributed by atoms with Crippen LogP contribution in [0.15, 0.2) is 18.2 Å². The van der Waals surface area contributed by atoms with Crippen LogP contribution in [0, 0.1) is 5.82 Å². The Morgan fingerprint density at radius 1 is 1.32 bits per heavy atom. The molecule has 1 aromatic rings. The van der Waals surface area contributed by atoms with E-state index in [1.54, 1.807) is 11.0 Å². The Morgan fingerprint density at radius 2 is 1.95 bits per heavy atom. The number of nitrogens with one attached hydrogen (secondary N) is 1. The quantitative estimate of drug-likeness (QED) is 0.927. The fourth-order valence-electron chi connectivity index (χ4n) is 3.51. The molecule has 0 aromatic heterocycles. The zero-order chi connectivity index (χ0) is 15.0. The Kier molecular flexibility index (Phi) is 5.29. The van der Waals surface area contributed by atoms with Crippen molar-refractivity contribution in [2.45, 2.75) is 43.8 Å². The molecule has 2 heterocycles. The van der Waals surface area contributed by atoms with Crippen LogP contribution in [0.2, 0.25) is 0 Å². The summed E-state index contributed by atoms with van der Waals surface area (Å²) in [5.74, 6) is -0.459. The smallest absolute Gasteiger partial charge is 0.253 e. The first-order valence-corrected chi connectivity index (χ1v) is 7.45. The van der Waals surface area contributed by atoms with Gasteiger partial charge < -0.3 is 15.0 Å². The highest BCUT2D eigenvalue weighted by molar-refractivity contribution is 5.94. The number of nitrogens with zero attached hydrogens (tertiary/aromatic N) is 1. The number of piperidine rings is 1. The number of hydrogen-bond donors (Lipinski definition) is 1. The highest BCUT2D eigenvalue weighted by Gasteiger charge is 2.36. The molecule has 1 aromatic carbocycles. The van der Waals surface area contributed by atoms with Crippen molar-refractivity contribution in [2.75, 3.05) is 14.2 Å². The molecule has 2 unspecified atom stereocenters. The number of halogens is 2. The Balaban J connectivity index is 0.00000176. The van der Waals surface area contributed by atoms with Crippen LogP contribution in [-0.2, 0) is 0 Å². The summed E-state index contributed by atoms with van der Waals surface area (Å²) in [6.07, 6.45) is 4.36. The van der Waals surface area contributed by atoms with Gasteiger partial charge in [0.2, 0.25) is 0 Å². The highest BCUT2D eigenvalue weighted by atomic mass is 35.5. The Morgan fingerprint density at radius 3 is 2.50 bits per heavy atom. The highest BCUT2D eigenvalue weighted by Crippen LogP contribution is 2.30. The van der Waals surface area contributed by atoms with Gasteiger partial charge in [0.05, 0.1) is 7.11 Å². The molecule has 4 nitrogen and oxygen atoms in total. The second-order valence-corrected chi connectivity index (χ2v) is 6.03. The van der Waals surface area contributed by atoms with E-state index in [0.717, 1.165) is 12.8 Å². The van der Waals surface area contributed by atoms with Crippen molar-refractivity contribution in [3.05, 3.63) is 29.6 Å². The van der Waals surface area contributed by atoms with Gasteiger partial charge in [0.25, 0.3) is 5.91 Å². The average Bonchev–Trinajstić information content (AvgIpc) is 2.84. The molecule has 0 saturated carbocycles. The number of rotatable bonds is 3. The van der Waals surface area contributed by atoms with E-state index in [-0.39, 0.29) is 30.1 Å². The standard InChI is InChI=1S/C16H21FN2O2.ClH/c1-19(13-8-11-4-5-12(9-13)18-11)16(20)10-3-6-15(21-2)14(17)7-10;/h3,6-7,11-13,18H,4-5,8-9H2,1-2H3;1H. The molecule has 0 radical (unpaired) electrons. The van der Waals surface area contributed by atoms with Crippen molar-refractivity contribution in [3.63, 3.8) is 0 Å². The van der Waals surface area contributed by atoms with Gasteiger partial charge in [-0.15, -0.1) is 12.4 Å². The zero-order valence-electron chi connectivity index (χ0n) is 12.8. The maximum atomic E-state index is 13.7. The van der Waals surface area contributed by atoms with Gasteiger partial charge >= 0.3 is 0 Å². The summed E-state index contributed by atoms with van der Waals surface area (Å²) in [5, 5.41) is 3.56. The summed E-state index contributed by atoms with van der Waals surface area (Å²) >= 11 is 0. The number of methoxy groups -OCH3 is 1. The molecule has 2 saturated heterocycles. The van der Waals surface area contributed by atoms with Gasteiger partial charge in [-0.3, -0.25) is 4.79 Å². The third-order valence-corrected chi connectivity index (χ3v) is 4.71. The van der Waals surface area contributed by atoms with Gasteiger partial charge in [0.1, 0.15) is 0 Å². The van der Waals surface area contributed by atoms with Crippen LogP contribution in [0.1, 0.15) is 36.0 Å². The first-order chi connectivity index (χ1) is 10.1. The lowest BCUT2D eigenvalue weighted by Gasteiger charge is -2.35. The van der Waals surface area contributed by atoms with Crippen LogP contribution in [0.4, 0.5) is 4.39 Å². The molecule has 2 aliphatic rings. The molecule has 1 N–H and O–H groups in total. The molecule has 122 valence electrons. The molecule has 2 fully saturated rings. The lowest BCUT2D eigenvalue weighted by atomic mass is 9.98. The largest absolute Gasteiger partial charge is 0.494 e. The van der Waals surface area contributed by atoms with Gasteiger partial charge in [-0.05, 0) is 43.9 Å². The average molecular weight is 329 g/mol. The molecular formula is C16H22ClFN2O2. The maximum Gasteiger partial charge on any atom is 0.253 e. The van der Waals surface area contributed by atoms with Crippen molar-refractivity contribution >= 4 is 18.3 Å². The summed E-state index contributed by atoms with van der Waals surface area (Å²) in [6, 6.07) is 5.67. The number of hydrogen-bond acceptors (Lipinski definition) is 3. The molecule has 2 atom stereocenters. The molecule has 0 aliphatic carbocycles. The first-order valence-electron chi connectivity index (χ1n) is 7.45. The summed E-state index contributed by atoms with van der Waals surface area (Å²) in [5.41, 5.74) is 0.377. The molecule has 6 heteroatoms. The zero-order valence-corrected chi connectivity index (χ0v) is 13.7.